The van der Waals surface area contributed by atoms with E-state index in [1.807, 2.05) is 24.3 Å². The van der Waals surface area contributed by atoms with Gasteiger partial charge in [-0.2, -0.15) is 0 Å². The van der Waals surface area contributed by atoms with Gasteiger partial charge in [-0.15, -0.1) is 0 Å². The fraction of sp³-hybridized carbons (Fsp3) is 0.0769. The maximum absolute atomic E-state index is 11.8. The van der Waals surface area contributed by atoms with Crippen molar-refractivity contribution in [1.29, 1.82) is 0 Å². The van der Waals surface area contributed by atoms with Gasteiger partial charge in [-0.3, -0.25) is 4.79 Å². The van der Waals surface area contributed by atoms with Crippen molar-refractivity contribution in [3.8, 4) is 0 Å². The average Bonchev–Trinajstić information content (AvgIpc) is 2.38. The Labute approximate surface area is 129 Å². The minimum atomic E-state index is -0.0503. The van der Waals surface area contributed by atoms with E-state index in [4.69, 9.17) is 5.73 Å². The third-order valence-electron chi connectivity index (χ3n) is 2.22. The lowest BCUT2D eigenvalue weighted by molar-refractivity contribution is -0.113. The van der Waals surface area contributed by atoms with Gasteiger partial charge in [0.15, 0.2) is 0 Å². The van der Waals surface area contributed by atoms with Crippen LogP contribution in [0.1, 0.15) is 0 Å². The maximum Gasteiger partial charge on any atom is 0.234 e. The molecular formula is C13H12IN3OS. The van der Waals surface area contributed by atoms with Crippen molar-refractivity contribution in [3.63, 3.8) is 0 Å². The van der Waals surface area contributed by atoms with E-state index in [1.54, 1.807) is 18.3 Å². The first-order valence-corrected chi connectivity index (χ1v) is 7.60. The number of halogens is 1. The highest BCUT2D eigenvalue weighted by atomic mass is 127. The van der Waals surface area contributed by atoms with Gasteiger partial charge in [-0.1, -0.05) is 17.8 Å². The molecule has 19 heavy (non-hydrogen) atoms. The highest BCUT2D eigenvalue weighted by Gasteiger charge is 2.04. The number of nitrogen functional groups attached to an aromatic ring is 1. The third kappa shape index (κ3) is 4.71. The van der Waals surface area contributed by atoms with Crippen LogP contribution in [0.5, 0.6) is 0 Å². The smallest absolute Gasteiger partial charge is 0.234 e. The summed E-state index contributed by atoms with van der Waals surface area (Å²) in [6.45, 7) is 0. The summed E-state index contributed by atoms with van der Waals surface area (Å²) in [7, 11) is 0. The zero-order chi connectivity index (χ0) is 13.7. The van der Waals surface area contributed by atoms with Crippen LogP contribution in [0.15, 0.2) is 47.6 Å². The van der Waals surface area contributed by atoms with E-state index in [1.165, 1.54) is 11.8 Å². The molecule has 3 N–H and O–H groups in total. The Morgan fingerprint density at radius 2 is 2.21 bits per heavy atom. The Morgan fingerprint density at radius 1 is 1.37 bits per heavy atom. The molecule has 0 aliphatic carbocycles. The molecule has 1 aromatic heterocycles. The van der Waals surface area contributed by atoms with Crippen molar-refractivity contribution < 1.29 is 4.79 Å². The SMILES string of the molecule is Nc1ccc(SCC(=O)Nc2cccc(I)c2)nc1. The van der Waals surface area contributed by atoms with Crippen LogP contribution in [-0.4, -0.2) is 16.6 Å². The van der Waals surface area contributed by atoms with Crippen LogP contribution in [0.25, 0.3) is 0 Å². The molecular weight excluding hydrogens is 373 g/mol. The van der Waals surface area contributed by atoms with E-state index in [9.17, 15) is 4.79 Å². The van der Waals surface area contributed by atoms with Crippen molar-refractivity contribution in [2.75, 3.05) is 16.8 Å². The molecule has 0 bridgehead atoms. The van der Waals surface area contributed by atoms with E-state index < -0.39 is 0 Å². The standard InChI is InChI=1S/C13H12IN3OS/c14-9-2-1-3-11(6-9)17-12(18)8-19-13-5-4-10(15)7-16-13/h1-7H,8,15H2,(H,17,18). The Balaban J connectivity index is 1.86. The predicted octanol–water partition coefficient (Wildman–Crippen LogP) is 3.00. The lowest BCUT2D eigenvalue weighted by atomic mass is 10.3. The van der Waals surface area contributed by atoms with Crippen LogP contribution in [0.2, 0.25) is 0 Å². The number of aromatic nitrogens is 1. The average molecular weight is 385 g/mol. The first-order chi connectivity index (χ1) is 9.13. The first kappa shape index (κ1) is 14.1. The van der Waals surface area contributed by atoms with Crippen molar-refractivity contribution in [1.82, 2.24) is 4.98 Å². The van der Waals surface area contributed by atoms with Crippen molar-refractivity contribution >= 4 is 51.6 Å². The second-order valence-electron chi connectivity index (χ2n) is 3.78. The minimum absolute atomic E-state index is 0.0503. The Bertz CT molecular complexity index is 574. The highest BCUT2D eigenvalue weighted by molar-refractivity contribution is 14.1. The molecule has 0 aliphatic heterocycles. The third-order valence-corrected chi connectivity index (χ3v) is 3.83. The van der Waals surface area contributed by atoms with Gasteiger partial charge in [0.25, 0.3) is 0 Å². The van der Waals surface area contributed by atoms with E-state index in [0.717, 1.165) is 14.3 Å². The molecule has 1 amide bonds. The molecule has 1 heterocycles. The number of hydrogen-bond acceptors (Lipinski definition) is 4. The van der Waals surface area contributed by atoms with Crippen LogP contribution < -0.4 is 11.1 Å². The summed E-state index contributed by atoms with van der Waals surface area (Å²) in [5.74, 6) is 0.271. The molecule has 2 aromatic rings. The maximum atomic E-state index is 11.8. The number of nitrogens with one attached hydrogen (secondary N) is 1. The second-order valence-corrected chi connectivity index (χ2v) is 6.02. The largest absolute Gasteiger partial charge is 0.397 e. The number of carbonyl (C=O) groups is 1. The van der Waals surface area contributed by atoms with Crippen LogP contribution in [0.3, 0.4) is 0 Å². The van der Waals surface area contributed by atoms with Gasteiger partial charge in [-0.25, -0.2) is 4.98 Å². The van der Waals surface area contributed by atoms with Gasteiger partial charge in [0.1, 0.15) is 0 Å². The number of amides is 1. The first-order valence-electron chi connectivity index (χ1n) is 5.53. The number of anilines is 2. The summed E-state index contributed by atoms with van der Waals surface area (Å²) in [5.41, 5.74) is 6.97. The van der Waals surface area contributed by atoms with Gasteiger partial charge < -0.3 is 11.1 Å². The van der Waals surface area contributed by atoms with Crippen LogP contribution in [0.4, 0.5) is 11.4 Å². The molecule has 0 aliphatic rings. The Morgan fingerprint density at radius 3 is 2.89 bits per heavy atom. The molecule has 4 nitrogen and oxygen atoms in total. The van der Waals surface area contributed by atoms with Crippen molar-refractivity contribution in [2.24, 2.45) is 0 Å². The van der Waals surface area contributed by atoms with E-state index >= 15 is 0 Å². The molecule has 6 heteroatoms. The number of thioether (sulfide) groups is 1. The Hall–Kier alpha value is -1.28. The fourth-order valence-electron chi connectivity index (χ4n) is 1.38. The number of carbonyl (C=O) groups excluding carboxylic acids is 1. The summed E-state index contributed by atoms with van der Waals surface area (Å²) in [4.78, 5) is 15.9. The molecule has 0 fully saturated rings. The van der Waals surface area contributed by atoms with Gasteiger partial charge >= 0.3 is 0 Å². The number of pyridine rings is 1. The Kier molecular flexibility index (Phi) is 5.03. The zero-order valence-corrected chi connectivity index (χ0v) is 12.9. The normalized spacial score (nSPS) is 10.2. The lowest BCUT2D eigenvalue weighted by Crippen LogP contribution is -2.14. The molecule has 0 radical (unpaired) electrons. The van der Waals surface area contributed by atoms with Gasteiger partial charge in [0.2, 0.25) is 5.91 Å². The van der Waals surface area contributed by atoms with Gasteiger partial charge in [-0.05, 0) is 52.9 Å². The molecule has 2 rings (SSSR count). The fourth-order valence-corrected chi connectivity index (χ4v) is 2.57. The summed E-state index contributed by atoms with van der Waals surface area (Å²) in [6, 6.07) is 11.2. The van der Waals surface area contributed by atoms with Crippen LogP contribution >= 0.6 is 34.4 Å². The quantitative estimate of drug-likeness (QED) is 0.627. The molecule has 0 saturated heterocycles. The van der Waals surface area contributed by atoms with Gasteiger partial charge in [0.05, 0.1) is 22.7 Å². The number of benzene rings is 1. The molecule has 0 atom stereocenters. The van der Waals surface area contributed by atoms with E-state index in [0.29, 0.717) is 11.4 Å². The molecule has 0 unspecified atom stereocenters. The summed E-state index contributed by atoms with van der Waals surface area (Å²) >= 11 is 3.59. The summed E-state index contributed by atoms with van der Waals surface area (Å²) in [6.07, 6.45) is 1.58. The minimum Gasteiger partial charge on any atom is -0.397 e. The second kappa shape index (κ2) is 6.76. The van der Waals surface area contributed by atoms with E-state index in [2.05, 4.69) is 32.9 Å². The van der Waals surface area contributed by atoms with E-state index in [-0.39, 0.29) is 5.91 Å². The summed E-state index contributed by atoms with van der Waals surface area (Å²) in [5, 5.41) is 3.63. The number of hydrogen-bond donors (Lipinski definition) is 2. The topological polar surface area (TPSA) is 68.0 Å². The summed E-state index contributed by atoms with van der Waals surface area (Å²) < 4.78 is 1.09. The number of nitrogens with two attached hydrogens (primary N) is 1. The van der Waals surface area contributed by atoms with Crippen molar-refractivity contribution in [3.05, 3.63) is 46.2 Å². The van der Waals surface area contributed by atoms with Crippen molar-refractivity contribution in [2.45, 2.75) is 5.03 Å². The lowest BCUT2D eigenvalue weighted by Gasteiger charge is -2.05. The highest BCUT2D eigenvalue weighted by Crippen LogP contribution is 2.17. The monoisotopic (exact) mass is 385 g/mol. The molecule has 0 spiro atoms. The van der Waals surface area contributed by atoms with Gasteiger partial charge in [0, 0.05) is 9.26 Å². The molecule has 0 saturated carbocycles. The zero-order valence-electron chi connectivity index (χ0n) is 9.97. The number of nitrogens with zero attached hydrogens (tertiary/aromatic N) is 1. The number of rotatable bonds is 4. The molecule has 98 valence electrons. The molecule has 1 aromatic carbocycles. The van der Waals surface area contributed by atoms with Crippen LogP contribution in [0, 0.1) is 3.57 Å². The predicted molar refractivity (Wildman–Crippen MR) is 87.2 cm³/mol. The van der Waals surface area contributed by atoms with Crippen LogP contribution in [-0.2, 0) is 4.79 Å².